The summed E-state index contributed by atoms with van der Waals surface area (Å²) in [5.41, 5.74) is 1.67. The molecule has 1 aromatic carbocycles. The molecule has 1 aliphatic carbocycles. The first-order valence-corrected chi connectivity index (χ1v) is 8.66. The smallest absolute Gasteiger partial charge is 0.269 e. The Bertz CT molecular complexity index is 754. The number of carbonyl (C=O) groups excluding carboxylic acids is 1. The predicted molar refractivity (Wildman–Crippen MR) is 92.5 cm³/mol. The van der Waals surface area contributed by atoms with Gasteiger partial charge in [-0.05, 0) is 37.1 Å². The van der Waals surface area contributed by atoms with E-state index in [1.54, 1.807) is 16.8 Å². The Morgan fingerprint density at radius 1 is 1.26 bits per heavy atom. The molecule has 0 radical (unpaired) electrons. The summed E-state index contributed by atoms with van der Waals surface area (Å²) in [7, 11) is 0. The normalized spacial score (nSPS) is 15.1. The molecule has 1 fully saturated rings. The van der Waals surface area contributed by atoms with Crippen molar-refractivity contribution in [3.05, 3.63) is 52.3 Å². The molecule has 1 heterocycles. The molecule has 0 atom stereocenters. The summed E-state index contributed by atoms with van der Waals surface area (Å²) >= 11 is 3.45. The molecule has 5 heteroatoms. The second kappa shape index (κ2) is 7.01. The molecular weight excluding hydrogens is 354 g/mol. The zero-order valence-corrected chi connectivity index (χ0v) is 14.3. The molecule has 0 saturated heterocycles. The maximum atomic E-state index is 12.7. The van der Waals surface area contributed by atoms with Gasteiger partial charge >= 0.3 is 0 Å². The van der Waals surface area contributed by atoms with Crippen molar-refractivity contribution in [1.82, 2.24) is 9.88 Å². The van der Waals surface area contributed by atoms with Crippen LogP contribution in [0.3, 0.4) is 0 Å². The number of halogens is 1. The lowest BCUT2D eigenvalue weighted by molar-refractivity contribution is 0.0920. The van der Waals surface area contributed by atoms with Gasteiger partial charge in [0.15, 0.2) is 0 Å². The second-order valence-corrected chi connectivity index (χ2v) is 6.76. The summed E-state index contributed by atoms with van der Waals surface area (Å²) in [4.78, 5) is 12.7. The predicted octanol–water partition coefficient (Wildman–Crippen LogP) is 4.17. The highest BCUT2D eigenvalue weighted by Crippen LogP contribution is 2.22. The topological polar surface area (TPSA) is 57.8 Å². The van der Waals surface area contributed by atoms with Crippen molar-refractivity contribution in [2.45, 2.75) is 38.1 Å². The van der Waals surface area contributed by atoms with Gasteiger partial charge in [-0.25, -0.2) is 0 Å². The molecule has 23 heavy (non-hydrogen) atoms. The summed E-state index contributed by atoms with van der Waals surface area (Å²) in [6.45, 7) is 0. The van der Waals surface area contributed by atoms with Crippen molar-refractivity contribution < 1.29 is 4.79 Å². The van der Waals surface area contributed by atoms with Crippen molar-refractivity contribution in [3.63, 3.8) is 0 Å². The minimum absolute atomic E-state index is 0.168. The van der Waals surface area contributed by atoms with Gasteiger partial charge < -0.3 is 9.88 Å². The second-order valence-electron chi connectivity index (χ2n) is 5.85. The van der Waals surface area contributed by atoms with E-state index in [9.17, 15) is 10.1 Å². The maximum Gasteiger partial charge on any atom is 0.269 e. The quantitative estimate of drug-likeness (QED) is 0.879. The summed E-state index contributed by atoms with van der Waals surface area (Å²) in [6.07, 6.45) is 7.36. The van der Waals surface area contributed by atoms with Gasteiger partial charge in [-0.2, -0.15) is 5.26 Å². The summed E-state index contributed by atoms with van der Waals surface area (Å²) in [5.74, 6) is -0.168. The van der Waals surface area contributed by atoms with Crippen molar-refractivity contribution in [3.8, 4) is 11.8 Å². The molecule has 4 nitrogen and oxygen atoms in total. The average Bonchev–Trinajstić information content (AvgIpc) is 3.00. The van der Waals surface area contributed by atoms with Crippen LogP contribution in [0.25, 0.3) is 5.69 Å². The third kappa shape index (κ3) is 3.48. The van der Waals surface area contributed by atoms with Crippen LogP contribution < -0.4 is 5.32 Å². The molecule has 0 aliphatic heterocycles. The molecule has 2 aromatic rings. The van der Waals surface area contributed by atoms with Crippen molar-refractivity contribution >= 4 is 21.8 Å². The lowest BCUT2D eigenvalue weighted by Crippen LogP contribution is -2.37. The Kier molecular flexibility index (Phi) is 4.82. The molecule has 1 saturated carbocycles. The largest absolute Gasteiger partial charge is 0.348 e. The van der Waals surface area contributed by atoms with Gasteiger partial charge in [-0.15, -0.1) is 0 Å². The first-order chi connectivity index (χ1) is 11.2. The molecule has 1 amide bonds. The van der Waals surface area contributed by atoms with Gasteiger partial charge in [-0.1, -0.05) is 41.3 Å². The van der Waals surface area contributed by atoms with Crippen molar-refractivity contribution in [1.29, 1.82) is 5.26 Å². The van der Waals surface area contributed by atoms with Crippen LogP contribution in [0, 0.1) is 11.3 Å². The average molecular weight is 372 g/mol. The van der Waals surface area contributed by atoms with Gasteiger partial charge in [0.25, 0.3) is 5.91 Å². The number of hydrogen-bond donors (Lipinski definition) is 1. The number of hydrogen-bond acceptors (Lipinski definition) is 2. The highest BCUT2D eigenvalue weighted by atomic mass is 79.9. The van der Waals surface area contributed by atoms with Gasteiger partial charge in [0, 0.05) is 22.4 Å². The van der Waals surface area contributed by atoms with Gasteiger partial charge in [0.05, 0.1) is 5.56 Å². The number of aromatic nitrogens is 1. The first kappa shape index (κ1) is 15.8. The number of benzene rings is 1. The van der Waals surface area contributed by atoms with Gasteiger partial charge in [0.2, 0.25) is 0 Å². The van der Waals surface area contributed by atoms with Crippen LogP contribution >= 0.6 is 15.9 Å². The number of carbonyl (C=O) groups is 1. The minimum atomic E-state index is -0.168. The first-order valence-electron chi connectivity index (χ1n) is 7.87. The van der Waals surface area contributed by atoms with Crippen LogP contribution in [-0.2, 0) is 0 Å². The van der Waals surface area contributed by atoms with E-state index in [1.807, 2.05) is 24.3 Å². The summed E-state index contributed by atoms with van der Waals surface area (Å²) < 4.78 is 2.71. The zero-order valence-electron chi connectivity index (χ0n) is 12.8. The van der Waals surface area contributed by atoms with E-state index in [0.29, 0.717) is 11.3 Å². The molecule has 1 N–H and O–H groups in total. The number of amides is 1. The fourth-order valence-electron chi connectivity index (χ4n) is 3.10. The molecule has 1 aliphatic rings. The lowest BCUT2D eigenvalue weighted by Gasteiger charge is -2.23. The van der Waals surface area contributed by atoms with Crippen molar-refractivity contribution in [2.75, 3.05) is 0 Å². The molecule has 3 rings (SSSR count). The van der Waals surface area contributed by atoms with E-state index in [-0.39, 0.29) is 11.9 Å². The third-order valence-electron chi connectivity index (χ3n) is 4.25. The number of rotatable bonds is 3. The fourth-order valence-corrected chi connectivity index (χ4v) is 3.48. The molecule has 1 aromatic heterocycles. The Labute approximate surface area is 144 Å². The van der Waals surface area contributed by atoms with Crippen LogP contribution in [-0.4, -0.2) is 16.5 Å². The molecule has 0 spiro atoms. The SMILES string of the molecule is N#Cc1ccn(-c2cccc(Br)c2)c1C(=O)NC1CCCCC1. The fraction of sp³-hybridized carbons (Fsp3) is 0.333. The molecule has 0 bridgehead atoms. The van der Waals surface area contributed by atoms with E-state index < -0.39 is 0 Å². The van der Waals surface area contributed by atoms with Crippen LogP contribution in [0.15, 0.2) is 41.0 Å². The number of nitrogens with one attached hydrogen (secondary N) is 1. The lowest BCUT2D eigenvalue weighted by atomic mass is 9.95. The van der Waals surface area contributed by atoms with Crippen LogP contribution in [0.1, 0.15) is 48.2 Å². The van der Waals surface area contributed by atoms with E-state index in [4.69, 9.17) is 0 Å². The zero-order chi connectivity index (χ0) is 16.2. The standard InChI is InChI=1S/C18H18BrN3O/c19-14-5-4-8-16(11-14)22-10-9-13(12-20)17(22)18(23)21-15-6-2-1-3-7-15/h4-5,8-11,15H,1-3,6-7H2,(H,21,23). The molecule has 0 unspecified atom stereocenters. The third-order valence-corrected chi connectivity index (χ3v) is 4.74. The van der Waals surface area contributed by atoms with E-state index >= 15 is 0 Å². The van der Waals surface area contributed by atoms with Crippen LogP contribution in [0.5, 0.6) is 0 Å². The highest BCUT2D eigenvalue weighted by molar-refractivity contribution is 9.10. The summed E-state index contributed by atoms with van der Waals surface area (Å²) in [6, 6.07) is 11.7. The van der Waals surface area contributed by atoms with Gasteiger partial charge in [-0.3, -0.25) is 4.79 Å². The maximum absolute atomic E-state index is 12.7. The van der Waals surface area contributed by atoms with Gasteiger partial charge in [0.1, 0.15) is 11.8 Å². The van der Waals surface area contributed by atoms with Crippen molar-refractivity contribution in [2.24, 2.45) is 0 Å². The minimum Gasteiger partial charge on any atom is -0.348 e. The van der Waals surface area contributed by atoms with E-state index in [2.05, 4.69) is 27.3 Å². The monoisotopic (exact) mass is 371 g/mol. The van der Waals surface area contributed by atoms with E-state index in [0.717, 1.165) is 35.8 Å². The number of nitrogens with zero attached hydrogens (tertiary/aromatic N) is 2. The Balaban J connectivity index is 1.92. The molecular formula is C18H18BrN3O. The number of nitriles is 1. The Morgan fingerprint density at radius 2 is 2.04 bits per heavy atom. The Morgan fingerprint density at radius 3 is 2.74 bits per heavy atom. The molecule has 118 valence electrons. The summed E-state index contributed by atoms with van der Waals surface area (Å²) in [5, 5.41) is 12.4. The van der Waals surface area contributed by atoms with Crippen LogP contribution in [0.4, 0.5) is 0 Å². The highest BCUT2D eigenvalue weighted by Gasteiger charge is 2.22. The van der Waals surface area contributed by atoms with Crippen LogP contribution in [0.2, 0.25) is 0 Å². The Hall–Kier alpha value is -2.06. The van der Waals surface area contributed by atoms with E-state index in [1.165, 1.54) is 6.42 Å².